The molecule has 7 aliphatic rings. The first-order chi connectivity index (χ1) is 22.2. The molecular formula is C35H54O12. The van der Waals surface area contributed by atoms with Crippen LogP contribution in [0.3, 0.4) is 0 Å². The van der Waals surface area contributed by atoms with Gasteiger partial charge in [-0.1, -0.05) is 45.1 Å². The van der Waals surface area contributed by atoms with Gasteiger partial charge in [-0.05, 0) is 61.7 Å². The number of aliphatic hydroxyl groups is 7. The summed E-state index contributed by atoms with van der Waals surface area (Å²) < 4.78 is 30.9. The van der Waals surface area contributed by atoms with Crippen molar-refractivity contribution in [3.63, 3.8) is 0 Å². The van der Waals surface area contributed by atoms with Crippen molar-refractivity contribution in [1.29, 1.82) is 0 Å². The van der Waals surface area contributed by atoms with Crippen molar-refractivity contribution in [3.05, 3.63) is 24.3 Å². The minimum Gasteiger partial charge on any atom is -0.394 e. The van der Waals surface area contributed by atoms with Crippen LogP contribution >= 0.6 is 0 Å². The second-order valence-electron chi connectivity index (χ2n) is 16.1. The zero-order chi connectivity index (χ0) is 33.6. The van der Waals surface area contributed by atoms with Crippen LogP contribution in [-0.4, -0.2) is 122 Å². The fourth-order valence-electron chi connectivity index (χ4n) is 10.6. The number of hydrogen-bond acceptors (Lipinski definition) is 12. The molecule has 19 unspecified atom stereocenters. The molecule has 19 atom stereocenters. The predicted octanol–water partition coefficient (Wildman–Crippen LogP) is 0.733. The van der Waals surface area contributed by atoms with E-state index in [0.29, 0.717) is 18.9 Å². The maximum Gasteiger partial charge on any atom is 0.189 e. The first-order valence-electron chi connectivity index (χ1n) is 17.6. The molecule has 7 rings (SSSR count). The van der Waals surface area contributed by atoms with Crippen molar-refractivity contribution in [1.82, 2.24) is 0 Å². The van der Waals surface area contributed by atoms with E-state index in [1.54, 1.807) is 0 Å². The highest BCUT2D eigenvalue weighted by Gasteiger charge is 2.67. The standard InChI is InChI=1S/C35H54O12/c1-16-7-12-35(43-15-16)17(2)33(3)11-9-21-20(30(33)47-35)6-5-19-13-18(8-10-34(19,21)4)28-29(25(39)23(37)22(14-36)44-28)45-32-27(41)24(38)26(40)31(42)46-32/h5-6,17-32,36-42H,1,7-15H2,2-4H3. The first kappa shape index (κ1) is 34.4. The molecule has 0 aromatic heterocycles. The Morgan fingerprint density at radius 1 is 0.894 bits per heavy atom. The van der Waals surface area contributed by atoms with Gasteiger partial charge in [0.15, 0.2) is 18.4 Å². The molecule has 4 heterocycles. The molecule has 0 bridgehead atoms. The summed E-state index contributed by atoms with van der Waals surface area (Å²) >= 11 is 0. The van der Waals surface area contributed by atoms with Crippen LogP contribution in [-0.2, 0) is 23.7 Å². The fraction of sp³-hybridized carbons (Fsp3) is 0.886. The average Bonchev–Trinajstić information content (AvgIpc) is 3.28. The third-order valence-electron chi connectivity index (χ3n) is 13.9. The summed E-state index contributed by atoms with van der Waals surface area (Å²) in [6, 6.07) is 0. The zero-order valence-corrected chi connectivity index (χ0v) is 27.6. The number of ether oxygens (including phenoxy) is 5. The molecule has 12 heteroatoms. The summed E-state index contributed by atoms with van der Waals surface area (Å²) in [6.07, 6.45) is -3.68. The van der Waals surface area contributed by atoms with Crippen molar-refractivity contribution in [2.75, 3.05) is 13.2 Å². The third kappa shape index (κ3) is 5.33. The topological polar surface area (TPSA) is 188 Å². The molecule has 7 N–H and O–H groups in total. The van der Waals surface area contributed by atoms with Crippen molar-refractivity contribution in [3.8, 4) is 0 Å². The molecule has 4 saturated heterocycles. The van der Waals surface area contributed by atoms with E-state index >= 15 is 0 Å². The summed E-state index contributed by atoms with van der Waals surface area (Å²) in [7, 11) is 0. The van der Waals surface area contributed by atoms with Gasteiger partial charge in [0.2, 0.25) is 0 Å². The van der Waals surface area contributed by atoms with Gasteiger partial charge in [-0.25, -0.2) is 0 Å². The van der Waals surface area contributed by atoms with Gasteiger partial charge < -0.3 is 59.4 Å². The van der Waals surface area contributed by atoms with Crippen molar-refractivity contribution in [2.45, 2.75) is 139 Å². The largest absolute Gasteiger partial charge is 0.394 e. The monoisotopic (exact) mass is 666 g/mol. The van der Waals surface area contributed by atoms with Crippen molar-refractivity contribution < 1.29 is 59.4 Å². The predicted molar refractivity (Wildman–Crippen MR) is 165 cm³/mol. The Morgan fingerprint density at radius 2 is 1.64 bits per heavy atom. The molecule has 0 aromatic rings. The van der Waals surface area contributed by atoms with Crippen LogP contribution in [0.2, 0.25) is 0 Å². The highest BCUT2D eigenvalue weighted by atomic mass is 16.8. The molecule has 266 valence electrons. The number of hydrogen-bond donors (Lipinski definition) is 7. The van der Waals surface area contributed by atoms with Gasteiger partial charge >= 0.3 is 0 Å². The van der Waals surface area contributed by atoms with E-state index in [1.807, 2.05) is 0 Å². The Morgan fingerprint density at radius 3 is 2.34 bits per heavy atom. The van der Waals surface area contributed by atoms with Crippen molar-refractivity contribution in [2.24, 2.45) is 40.4 Å². The normalized spacial score (nSPS) is 57.8. The molecule has 3 aliphatic carbocycles. The van der Waals surface area contributed by atoms with E-state index in [1.165, 1.54) is 0 Å². The van der Waals surface area contributed by atoms with Crippen LogP contribution < -0.4 is 0 Å². The fourth-order valence-corrected chi connectivity index (χ4v) is 10.6. The summed E-state index contributed by atoms with van der Waals surface area (Å²) in [5, 5.41) is 72.7. The van der Waals surface area contributed by atoms with Gasteiger partial charge in [-0.2, -0.15) is 0 Å². The highest BCUT2D eigenvalue weighted by molar-refractivity contribution is 5.21. The lowest BCUT2D eigenvalue weighted by Crippen LogP contribution is -2.65. The molecule has 6 fully saturated rings. The Hall–Kier alpha value is -1.00. The quantitative estimate of drug-likeness (QED) is 0.209. The molecule has 0 radical (unpaired) electrons. The van der Waals surface area contributed by atoms with E-state index in [-0.39, 0.29) is 40.6 Å². The summed E-state index contributed by atoms with van der Waals surface area (Å²) in [5.41, 5.74) is 1.12. The van der Waals surface area contributed by atoms with Crippen LogP contribution in [0.1, 0.15) is 65.7 Å². The number of allylic oxidation sites excluding steroid dienone is 1. The molecule has 2 saturated carbocycles. The Labute approximate surface area is 276 Å². The minimum absolute atomic E-state index is 0.00428. The van der Waals surface area contributed by atoms with Crippen molar-refractivity contribution >= 4 is 0 Å². The molecule has 4 aliphatic heterocycles. The molecular weight excluding hydrogens is 612 g/mol. The smallest absolute Gasteiger partial charge is 0.189 e. The van der Waals surface area contributed by atoms with E-state index in [4.69, 9.17) is 23.7 Å². The Balaban J connectivity index is 1.11. The lowest BCUT2D eigenvalue weighted by Gasteiger charge is -2.59. The van der Waals surface area contributed by atoms with E-state index < -0.39 is 73.8 Å². The summed E-state index contributed by atoms with van der Waals surface area (Å²) in [6.45, 7) is 11.2. The average molecular weight is 667 g/mol. The lowest BCUT2D eigenvalue weighted by molar-refractivity contribution is -0.370. The maximum atomic E-state index is 11.2. The van der Waals surface area contributed by atoms with Crippen LogP contribution in [0.15, 0.2) is 24.3 Å². The number of rotatable bonds is 4. The second kappa shape index (κ2) is 12.3. The minimum atomic E-state index is -1.83. The van der Waals surface area contributed by atoms with Crippen LogP contribution in [0.5, 0.6) is 0 Å². The number of fused-ring (bicyclic) bond motifs is 5. The van der Waals surface area contributed by atoms with Crippen LogP contribution in [0.25, 0.3) is 0 Å². The summed E-state index contributed by atoms with van der Waals surface area (Å²) in [5.74, 6) is 0.431. The van der Waals surface area contributed by atoms with Crippen LogP contribution in [0, 0.1) is 40.4 Å². The van der Waals surface area contributed by atoms with Gasteiger partial charge in [0.05, 0.1) is 25.4 Å². The zero-order valence-electron chi connectivity index (χ0n) is 27.6. The second-order valence-corrected chi connectivity index (χ2v) is 16.1. The van der Waals surface area contributed by atoms with Gasteiger partial charge in [0.25, 0.3) is 0 Å². The maximum absolute atomic E-state index is 11.2. The molecule has 1 spiro atoms. The Bertz CT molecular complexity index is 1200. The van der Waals surface area contributed by atoms with E-state index in [0.717, 1.165) is 44.1 Å². The third-order valence-corrected chi connectivity index (χ3v) is 13.9. The van der Waals surface area contributed by atoms with Gasteiger partial charge in [-0.15, -0.1) is 0 Å². The first-order valence-corrected chi connectivity index (χ1v) is 17.6. The van der Waals surface area contributed by atoms with Gasteiger partial charge in [0, 0.05) is 23.7 Å². The SMILES string of the molecule is C=C1CCC2(OC1)OC1C3C=CC4CC(C5OC(CO)C(O)C(O)C5OC5OC(O)C(O)C(O)C5O)CCC4(C)C3CCC1(C)C2C. The van der Waals surface area contributed by atoms with E-state index in [9.17, 15) is 35.7 Å². The Kier molecular flexibility index (Phi) is 9.05. The summed E-state index contributed by atoms with van der Waals surface area (Å²) in [4.78, 5) is 0. The van der Waals surface area contributed by atoms with Gasteiger partial charge in [-0.3, -0.25) is 0 Å². The molecule has 47 heavy (non-hydrogen) atoms. The molecule has 12 nitrogen and oxygen atoms in total. The number of aliphatic hydroxyl groups excluding tert-OH is 7. The molecule has 0 aromatic carbocycles. The van der Waals surface area contributed by atoms with Gasteiger partial charge in [0.1, 0.15) is 42.7 Å². The van der Waals surface area contributed by atoms with E-state index in [2.05, 4.69) is 39.5 Å². The van der Waals surface area contributed by atoms with Crippen LogP contribution in [0.4, 0.5) is 0 Å². The molecule has 0 amide bonds. The lowest BCUT2D eigenvalue weighted by atomic mass is 9.47. The highest BCUT2D eigenvalue weighted by Crippen LogP contribution is 2.66.